The molecule has 0 aliphatic rings. The molecule has 0 heterocycles. The van der Waals surface area contributed by atoms with Crippen LogP contribution in [-0.4, -0.2) is 36.4 Å². The van der Waals surface area contributed by atoms with Crippen LogP contribution < -0.4 is 0 Å². The predicted molar refractivity (Wildman–Crippen MR) is 71.0 cm³/mol. The molecule has 0 aliphatic carbocycles. The quantitative estimate of drug-likeness (QED) is 0.772. The average Bonchev–Trinajstić information content (AvgIpc) is 2.28. The van der Waals surface area contributed by atoms with Crippen molar-refractivity contribution in [1.29, 1.82) is 0 Å². The highest BCUT2D eigenvalue weighted by Gasteiger charge is 2.04. The molecule has 1 rings (SSSR count). The van der Waals surface area contributed by atoms with Gasteiger partial charge >= 0.3 is 0 Å². The second-order valence-electron chi connectivity index (χ2n) is 4.14. The summed E-state index contributed by atoms with van der Waals surface area (Å²) in [5.74, 6) is 1.10. The minimum atomic E-state index is -0.319. The topological polar surface area (TPSA) is 23.5 Å². The summed E-state index contributed by atoms with van der Waals surface area (Å²) in [4.78, 5) is 3.45. The van der Waals surface area contributed by atoms with Gasteiger partial charge in [-0.3, -0.25) is 0 Å². The Kier molecular flexibility index (Phi) is 5.88. The second kappa shape index (κ2) is 6.94. The molecule has 1 aromatic rings. The Bertz CT molecular complexity index is 297. The first-order chi connectivity index (χ1) is 7.63. The minimum absolute atomic E-state index is 0.319. The number of rotatable bonds is 6. The molecule has 0 spiro atoms. The molecule has 3 heteroatoms. The lowest BCUT2D eigenvalue weighted by Crippen LogP contribution is -2.14. The van der Waals surface area contributed by atoms with Gasteiger partial charge in [0.1, 0.15) is 0 Å². The molecule has 1 atom stereocenters. The van der Waals surface area contributed by atoms with Gasteiger partial charge in [0.2, 0.25) is 0 Å². The number of benzene rings is 1. The lowest BCUT2D eigenvalue weighted by molar-refractivity contribution is 0.173. The van der Waals surface area contributed by atoms with E-state index in [1.165, 1.54) is 4.90 Å². The van der Waals surface area contributed by atoms with Crippen LogP contribution in [0.2, 0.25) is 0 Å². The summed E-state index contributed by atoms with van der Waals surface area (Å²) in [5.41, 5.74) is 1.01. The SMILES string of the molecule is CC[C@H](O)c1ccc(SCCN(C)C)cc1. The Hall–Kier alpha value is -0.510. The second-order valence-corrected chi connectivity index (χ2v) is 5.31. The van der Waals surface area contributed by atoms with E-state index in [4.69, 9.17) is 0 Å². The number of aliphatic hydroxyl groups excluding tert-OH is 1. The Morgan fingerprint density at radius 3 is 2.38 bits per heavy atom. The lowest BCUT2D eigenvalue weighted by atomic mass is 10.1. The summed E-state index contributed by atoms with van der Waals surface area (Å²) in [5, 5.41) is 9.66. The first kappa shape index (κ1) is 13.6. The van der Waals surface area contributed by atoms with Crippen molar-refractivity contribution in [3.05, 3.63) is 29.8 Å². The highest BCUT2D eigenvalue weighted by atomic mass is 32.2. The van der Waals surface area contributed by atoms with Gasteiger partial charge in [0, 0.05) is 17.2 Å². The van der Waals surface area contributed by atoms with Gasteiger partial charge in [-0.1, -0.05) is 19.1 Å². The number of hydrogen-bond acceptors (Lipinski definition) is 3. The van der Waals surface area contributed by atoms with E-state index in [9.17, 15) is 5.11 Å². The van der Waals surface area contributed by atoms with Crippen molar-refractivity contribution in [2.45, 2.75) is 24.3 Å². The molecule has 0 aromatic heterocycles. The number of thioether (sulfide) groups is 1. The molecule has 90 valence electrons. The van der Waals surface area contributed by atoms with E-state index in [2.05, 4.69) is 31.1 Å². The van der Waals surface area contributed by atoms with E-state index >= 15 is 0 Å². The molecular weight excluding hydrogens is 218 g/mol. The molecule has 0 saturated carbocycles. The Morgan fingerprint density at radius 2 is 1.88 bits per heavy atom. The first-order valence-corrected chi connectivity index (χ1v) is 6.67. The van der Waals surface area contributed by atoms with Crippen molar-refractivity contribution in [1.82, 2.24) is 4.90 Å². The Morgan fingerprint density at radius 1 is 1.25 bits per heavy atom. The van der Waals surface area contributed by atoms with Gasteiger partial charge in [-0.2, -0.15) is 0 Å². The summed E-state index contributed by atoms with van der Waals surface area (Å²) >= 11 is 1.85. The van der Waals surface area contributed by atoms with Crippen LogP contribution in [0.25, 0.3) is 0 Å². The zero-order valence-corrected chi connectivity index (χ0v) is 11.1. The third kappa shape index (κ3) is 4.56. The van der Waals surface area contributed by atoms with E-state index in [1.807, 2.05) is 30.8 Å². The maximum absolute atomic E-state index is 9.66. The summed E-state index contributed by atoms with van der Waals surface area (Å²) in [7, 11) is 4.17. The molecular formula is C13H21NOS. The van der Waals surface area contributed by atoms with Gasteiger partial charge < -0.3 is 10.0 Å². The van der Waals surface area contributed by atoms with E-state index in [-0.39, 0.29) is 6.10 Å². The summed E-state index contributed by atoms with van der Waals surface area (Å²) in [6, 6.07) is 8.22. The highest BCUT2D eigenvalue weighted by Crippen LogP contribution is 2.22. The van der Waals surface area contributed by atoms with Crippen molar-refractivity contribution in [2.24, 2.45) is 0 Å². The van der Waals surface area contributed by atoms with E-state index < -0.39 is 0 Å². The van der Waals surface area contributed by atoms with Crippen LogP contribution in [0, 0.1) is 0 Å². The molecule has 0 radical (unpaired) electrons. The van der Waals surface area contributed by atoms with Crippen LogP contribution in [0.4, 0.5) is 0 Å². The maximum Gasteiger partial charge on any atom is 0.0787 e. The molecule has 0 fully saturated rings. The molecule has 16 heavy (non-hydrogen) atoms. The molecule has 0 bridgehead atoms. The molecule has 0 aliphatic heterocycles. The van der Waals surface area contributed by atoms with Crippen LogP contribution in [0.1, 0.15) is 25.0 Å². The monoisotopic (exact) mass is 239 g/mol. The zero-order chi connectivity index (χ0) is 12.0. The van der Waals surface area contributed by atoms with Crippen molar-refractivity contribution in [3.63, 3.8) is 0 Å². The van der Waals surface area contributed by atoms with Crippen molar-refractivity contribution >= 4 is 11.8 Å². The summed E-state index contributed by atoms with van der Waals surface area (Å²) in [6.45, 7) is 3.08. The molecule has 1 N–H and O–H groups in total. The van der Waals surface area contributed by atoms with Crippen LogP contribution in [0.5, 0.6) is 0 Å². The van der Waals surface area contributed by atoms with Gasteiger partial charge in [-0.15, -0.1) is 11.8 Å². The fourth-order valence-electron chi connectivity index (χ4n) is 1.37. The molecule has 0 unspecified atom stereocenters. The van der Waals surface area contributed by atoms with Crippen molar-refractivity contribution < 1.29 is 5.11 Å². The van der Waals surface area contributed by atoms with E-state index in [1.54, 1.807) is 0 Å². The number of nitrogens with zero attached hydrogens (tertiary/aromatic N) is 1. The van der Waals surface area contributed by atoms with Gasteiger partial charge in [0.25, 0.3) is 0 Å². The van der Waals surface area contributed by atoms with Crippen molar-refractivity contribution in [3.8, 4) is 0 Å². The fourth-order valence-corrected chi connectivity index (χ4v) is 2.39. The Labute approximate surface area is 103 Å². The smallest absolute Gasteiger partial charge is 0.0787 e. The van der Waals surface area contributed by atoms with Crippen LogP contribution in [-0.2, 0) is 0 Å². The maximum atomic E-state index is 9.66. The molecule has 0 saturated heterocycles. The minimum Gasteiger partial charge on any atom is -0.388 e. The highest BCUT2D eigenvalue weighted by molar-refractivity contribution is 7.99. The zero-order valence-electron chi connectivity index (χ0n) is 10.3. The average molecular weight is 239 g/mol. The number of aliphatic hydroxyl groups is 1. The van der Waals surface area contributed by atoms with Crippen LogP contribution >= 0.6 is 11.8 Å². The van der Waals surface area contributed by atoms with E-state index in [0.29, 0.717) is 0 Å². The van der Waals surface area contributed by atoms with E-state index in [0.717, 1.165) is 24.3 Å². The molecule has 2 nitrogen and oxygen atoms in total. The standard InChI is InChI=1S/C13H21NOS/c1-4-13(15)11-5-7-12(8-6-11)16-10-9-14(2)3/h5-8,13,15H,4,9-10H2,1-3H3/t13-/m0/s1. The van der Waals surface area contributed by atoms with Gasteiger partial charge in [0.05, 0.1) is 6.10 Å². The summed E-state index contributed by atoms with van der Waals surface area (Å²) in [6.07, 6.45) is 0.452. The predicted octanol–water partition coefficient (Wildman–Crippen LogP) is 2.78. The Balaban J connectivity index is 2.45. The molecule has 1 aromatic carbocycles. The van der Waals surface area contributed by atoms with Gasteiger partial charge in [0.15, 0.2) is 0 Å². The summed E-state index contributed by atoms with van der Waals surface area (Å²) < 4.78 is 0. The third-order valence-electron chi connectivity index (χ3n) is 2.46. The van der Waals surface area contributed by atoms with Crippen molar-refractivity contribution in [2.75, 3.05) is 26.4 Å². The van der Waals surface area contributed by atoms with Crippen LogP contribution in [0.3, 0.4) is 0 Å². The van der Waals surface area contributed by atoms with Gasteiger partial charge in [-0.25, -0.2) is 0 Å². The first-order valence-electron chi connectivity index (χ1n) is 5.69. The largest absolute Gasteiger partial charge is 0.388 e. The molecule has 0 amide bonds. The normalized spacial score (nSPS) is 13.1. The fraction of sp³-hybridized carbons (Fsp3) is 0.538. The number of hydrogen-bond donors (Lipinski definition) is 1. The van der Waals surface area contributed by atoms with Crippen LogP contribution in [0.15, 0.2) is 29.2 Å². The lowest BCUT2D eigenvalue weighted by Gasteiger charge is -2.10. The van der Waals surface area contributed by atoms with Gasteiger partial charge in [-0.05, 0) is 38.2 Å². The third-order valence-corrected chi connectivity index (χ3v) is 3.45.